The predicted molar refractivity (Wildman–Crippen MR) is 108 cm³/mol. The smallest absolute Gasteiger partial charge is 0.258 e. The van der Waals surface area contributed by atoms with Crippen LogP contribution in [0.1, 0.15) is 0 Å². The molecule has 2 aromatic carbocycles. The molecular formula is C19H25N3O4S. The van der Waals surface area contributed by atoms with Crippen LogP contribution in [-0.4, -0.2) is 54.4 Å². The highest BCUT2D eigenvalue weighted by Gasteiger charge is 2.11. The minimum absolute atomic E-state index is 0.101. The van der Waals surface area contributed by atoms with E-state index in [2.05, 4.69) is 10.2 Å². The number of para-hydroxylation sites is 1. The Bertz CT molecular complexity index is 839. The van der Waals surface area contributed by atoms with Gasteiger partial charge >= 0.3 is 0 Å². The molecule has 0 radical (unpaired) electrons. The maximum absolute atomic E-state index is 11.9. The van der Waals surface area contributed by atoms with Gasteiger partial charge in [-0.05, 0) is 36.4 Å². The molecule has 0 bridgehead atoms. The van der Waals surface area contributed by atoms with Gasteiger partial charge in [0.2, 0.25) is 10.0 Å². The van der Waals surface area contributed by atoms with Gasteiger partial charge in [-0.2, -0.15) is 0 Å². The Balaban J connectivity index is 1.74. The number of rotatable bonds is 9. The van der Waals surface area contributed by atoms with E-state index in [9.17, 15) is 13.2 Å². The lowest BCUT2D eigenvalue weighted by atomic mass is 10.3. The molecule has 0 aliphatic carbocycles. The van der Waals surface area contributed by atoms with Gasteiger partial charge in [0, 0.05) is 32.9 Å². The first-order valence-electron chi connectivity index (χ1n) is 8.47. The minimum Gasteiger partial charge on any atom is -0.484 e. The largest absolute Gasteiger partial charge is 0.484 e. The molecule has 2 aromatic rings. The van der Waals surface area contributed by atoms with Crippen LogP contribution in [0.4, 0.5) is 11.4 Å². The average Bonchev–Trinajstić information content (AvgIpc) is 2.66. The SMILES string of the molecule is CN(CCNC(=O)COc1ccc(N(C)S(C)(=O)=O)cc1)c1ccccc1. The molecule has 0 aliphatic rings. The number of benzene rings is 2. The van der Waals surface area contributed by atoms with Gasteiger partial charge in [-0.1, -0.05) is 18.2 Å². The number of hydrogen-bond acceptors (Lipinski definition) is 5. The third-order valence-corrected chi connectivity index (χ3v) is 5.24. The van der Waals surface area contributed by atoms with Crippen molar-refractivity contribution in [3.8, 4) is 5.75 Å². The number of ether oxygens (including phenoxy) is 1. The molecule has 1 amide bonds. The first-order chi connectivity index (χ1) is 12.8. The van der Waals surface area contributed by atoms with Crippen molar-refractivity contribution in [1.82, 2.24) is 5.32 Å². The van der Waals surface area contributed by atoms with Gasteiger partial charge < -0.3 is 15.0 Å². The Labute approximate surface area is 160 Å². The summed E-state index contributed by atoms with van der Waals surface area (Å²) in [6.45, 7) is 1.09. The molecule has 2 rings (SSSR count). The highest BCUT2D eigenvalue weighted by molar-refractivity contribution is 7.92. The summed E-state index contributed by atoms with van der Waals surface area (Å²) in [5.41, 5.74) is 1.61. The van der Waals surface area contributed by atoms with Gasteiger partial charge in [-0.3, -0.25) is 9.10 Å². The minimum atomic E-state index is -3.31. The van der Waals surface area contributed by atoms with Crippen LogP contribution < -0.4 is 19.3 Å². The van der Waals surface area contributed by atoms with Crippen LogP contribution in [-0.2, 0) is 14.8 Å². The highest BCUT2D eigenvalue weighted by atomic mass is 32.2. The van der Waals surface area contributed by atoms with Crippen LogP contribution in [0, 0.1) is 0 Å². The standard InChI is InChI=1S/C19H25N3O4S/c1-21(16-7-5-4-6-8-16)14-13-20-19(23)15-26-18-11-9-17(10-12-18)22(2)27(3,24)25/h4-12H,13-15H2,1-3H3,(H,20,23). The second kappa shape index (κ2) is 9.27. The lowest BCUT2D eigenvalue weighted by Gasteiger charge is -2.19. The van der Waals surface area contributed by atoms with Gasteiger partial charge in [-0.25, -0.2) is 8.42 Å². The predicted octanol–water partition coefficient (Wildman–Crippen LogP) is 1.71. The number of nitrogens with zero attached hydrogens (tertiary/aromatic N) is 2. The fourth-order valence-electron chi connectivity index (χ4n) is 2.32. The maximum atomic E-state index is 11.9. The Kier molecular flexibility index (Phi) is 7.06. The van der Waals surface area contributed by atoms with Crippen LogP contribution in [0.15, 0.2) is 54.6 Å². The first kappa shape index (κ1) is 20.6. The van der Waals surface area contributed by atoms with Crippen molar-refractivity contribution in [2.24, 2.45) is 0 Å². The summed E-state index contributed by atoms with van der Waals surface area (Å²) in [5.74, 6) is 0.283. The average molecular weight is 391 g/mol. The molecule has 0 saturated heterocycles. The molecular weight excluding hydrogens is 366 g/mol. The Morgan fingerprint density at radius 3 is 2.22 bits per heavy atom. The van der Waals surface area contributed by atoms with E-state index in [-0.39, 0.29) is 12.5 Å². The van der Waals surface area contributed by atoms with Gasteiger partial charge in [0.05, 0.1) is 11.9 Å². The van der Waals surface area contributed by atoms with E-state index >= 15 is 0 Å². The highest BCUT2D eigenvalue weighted by Crippen LogP contribution is 2.20. The van der Waals surface area contributed by atoms with E-state index in [0.717, 1.165) is 11.9 Å². The molecule has 0 spiro atoms. The zero-order valence-corrected chi connectivity index (χ0v) is 16.6. The zero-order valence-electron chi connectivity index (χ0n) is 15.8. The molecule has 0 heterocycles. The van der Waals surface area contributed by atoms with Crippen molar-refractivity contribution in [2.75, 3.05) is 49.3 Å². The Morgan fingerprint density at radius 2 is 1.63 bits per heavy atom. The number of likely N-dealkylation sites (N-methyl/N-ethyl adjacent to an activating group) is 1. The molecule has 146 valence electrons. The first-order valence-corrected chi connectivity index (χ1v) is 10.3. The Hall–Kier alpha value is -2.74. The van der Waals surface area contributed by atoms with Gasteiger partial charge in [0.1, 0.15) is 5.75 Å². The summed E-state index contributed by atoms with van der Waals surface area (Å²) >= 11 is 0. The second-order valence-electron chi connectivity index (χ2n) is 6.12. The molecule has 0 fully saturated rings. The van der Waals surface area contributed by atoms with Crippen LogP contribution >= 0.6 is 0 Å². The number of carbonyl (C=O) groups excluding carboxylic acids is 1. The topological polar surface area (TPSA) is 79.0 Å². The monoisotopic (exact) mass is 391 g/mol. The van der Waals surface area contributed by atoms with Crippen molar-refractivity contribution in [1.29, 1.82) is 0 Å². The summed E-state index contributed by atoms with van der Waals surface area (Å²) in [5, 5.41) is 2.81. The van der Waals surface area contributed by atoms with E-state index in [4.69, 9.17) is 4.74 Å². The summed E-state index contributed by atoms with van der Waals surface area (Å²) in [6.07, 6.45) is 1.14. The van der Waals surface area contributed by atoms with Gasteiger partial charge in [0.25, 0.3) is 5.91 Å². The molecule has 8 heteroatoms. The van der Waals surface area contributed by atoms with E-state index in [1.807, 2.05) is 37.4 Å². The Morgan fingerprint density at radius 1 is 1.00 bits per heavy atom. The van der Waals surface area contributed by atoms with Crippen molar-refractivity contribution in [3.63, 3.8) is 0 Å². The molecule has 7 nitrogen and oxygen atoms in total. The van der Waals surface area contributed by atoms with Crippen molar-refractivity contribution >= 4 is 27.3 Å². The number of sulfonamides is 1. The van der Waals surface area contributed by atoms with Crippen molar-refractivity contribution in [3.05, 3.63) is 54.6 Å². The molecule has 0 aromatic heterocycles. The fraction of sp³-hybridized carbons (Fsp3) is 0.316. The van der Waals surface area contributed by atoms with Crippen LogP contribution in [0.5, 0.6) is 5.75 Å². The third-order valence-electron chi connectivity index (χ3n) is 4.03. The third kappa shape index (κ3) is 6.49. The summed E-state index contributed by atoms with van der Waals surface area (Å²) in [4.78, 5) is 14.0. The zero-order chi connectivity index (χ0) is 19.9. The van der Waals surface area contributed by atoms with E-state index in [1.54, 1.807) is 24.3 Å². The normalized spacial score (nSPS) is 10.9. The van der Waals surface area contributed by atoms with Crippen molar-refractivity contribution < 1.29 is 17.9 Å². The number of hydrogen-bond donors (Lipinski definition) is 1. The molecule has 0 atom stereocenters. The summed E-state index contributed by atoms with van der Waals surface area (Å²) in [7, 11) is 0.135. The molecule has 0 saturated carbocycles. The van der Waals surface area contributed by atoms with Crippen LogP contribution in [0.3, 0.4) is 0 Å². The summed E-state index contributed by atoms with van der Waals surface area (Å²) < 4.78 is 29.6. The number of nitrogens with one attached hydrogen (secondary N) is 1. The fourth-order valence-corrected chi connectivity index (χ4v) is 2.82. The summed E-state index contributed by atoms with van der Waals surface area (Å²) in [6, 6.07) is 16.4. The number of carbonyl (C=O) groups is 1. The maximum Gasteiger partial charge on any atom is 0.258 e. The van der Waals surface area contributed by atoms with E-state index in [1.165, 1.54) is 11.4 Å². The molecule has 0 aliphatic heterocycles. The lowest BCUT2D eigenvalue weighted by molar-refractivity contribution is -0.123. The second-order valence-corrected chi connectivity index (χ2v) is 8.13. The number of amides is 1. The molecule has 1 N–H and O–H groups in total. The number of anilines is 2. The van der Waals surface area contributed by atoms with Gasteiger partial charge in [-0.15, -0.1) is 0 Å². The molecule has 27 heavy (non-hydrogen) atoms. The molecule has 0 unspecified atom stereocenters. The van der Waals surface area contributed by atoms with E-state index < -0.39 is 10.0 Å². The lowest BCUT2D eigenvalue weighted by Crippen LogP contribution is -2.35. The van der Waals surface area contributed by atoms with Crippen molar-refractivity contribution in [2.45, 2.75) is 0 Å². The quantitative estimate of drug-likeness (QED) is 0.704. The van der Waals surface area contributed by atoms with E-state index in [0.29, 0.717) is 24.5 Å². The van der Waals surface area contributed by atoms with Crippen LogP contribution in [0.25, 0.3) is 0 Å². The van der Waals surface area contributed by atoms with Gasteiger partial charge in [0.15, 0.2) is 6.61 Å². The van der Waals surface area contributed by atoms with Crippen LogP contribution in [0.2, 0.25) is 0 Å².